The second-order valence-electron chi connectivity index (χ2n) is 12.8. The van der Waals surface area contributed by atoms with Crippen molar-refractivity contribution in [2.75, 3.05) is 26.1 Å². The molecule has 0 aliphatic carbocycles. The third kappa shape index (κ3) is 7.37. The lowest BCUT2D eigenvalue weighted by Gasteiger charge is -2.37. The number of aliphatic carboxylic acids is 1. The molecule has 1 aliphatic heterocycles. The number of benzene rings is 4. The van der Waals surface area contributed by atoms with E-state index in [1.54, 1.807) is 49.4 Å². The van der Waals surface area contributed by atoms with Crippen LogP contribution < -0.4 is 14.8 Å². The van der Waals surface area contributed by atoms with Crippen molar-refractivity contribution in [3.05, 3.63) is 144 Å². The van der Waals surface area contributed by atoms with Gasteiger partial charge in [-0.15, -0.1) is 0 Å². The number of amides is 1. The molecular weight excluding hydrogens is 690 g/mol. The molecule has 4 aromatic carbocycles. The molecule has 3 N–H and O–H groups in total. The molecule has 1 saturated heterocycles. The third-order valence-electron chi connectivity index (χ3n) is 9.59. The topological polar surface area (TPSA) is 167 Å². The Labute approximate surface area is 311 Å². The molecule has 0 bridgehead atoms. The van der Waals surface area contributed by atoms with Gasteiger partial charge in [-0.1, -0.05) is 66.7 Å². The molecular formula is C41H39N5O8. The Bertz CT molecular complexity index is 2160. The number of aliphatic hydroxyl groups is 1. The SMILES string of the molecule is COc1ccc(C(OC[C@H]2O[C@@H](n3cnc4c(NC(=O)c5ccc(CCC(=O)O)cc5)ncnc43)C[C@H]2O)(c2ccccc2)c2ccc(OC)cc2)cc1. The van der Waals surface area contributed by atoms with E-state index < -0.39 is 35.9 Å². The van der Waals surface area contributed by atoms with Gasteiger partial charge in [-0.2, -0.15) is 0 Å². The first-order valence-corrected chi connectivity index (χ1v) is 17.4. The van der Waals surface area contributed by atoms with E-state index in [9.17, 15) is 14.7 Å². The van der Waals surface area contributed by atoms with Crippen LogP contribution in [0.4, 0.5) is 5.82 Å². The number of methoxy groups -OCH3 is 2. The Hall–Kier alpha value is -6.15. The maximum absolute atomic E-state index is 13.1. The predicted octanol–water partition coefficient (Wildman–Crippen LogP) is 5.77. The van der Waals surface area contributed by atoms with Gasteiger partial charge in [0.2, 0.25) is 0 Å². The van der Waals surface area contributed by atoms with Crippen LogP contribution in [0.1, 0.15) is 51.7 Å². The van der Waals surface area contributed by atoms with Crippen molar-refractivity contribution in [1.82, 2.24) is 19.5 Å². The molecule has 3 atom stereocenters. The van der Waals surface area contributed by atoms with Crippen LogP contribution >= 0.6 is 0 Å². The zero-order valence-corrected chi connectivity index (χ0v) is 29.7. The second-order valence-corrected chi connectivity index (χ2v) is 12.8. The molecule has 13 nitrogen and oxygen atoms in total. The highest BCUT2D eigenvalue weighted by molar-refractivity contribution is 6.06. The number of nitrogens with zero attached hydrogens (tertiary/aromatic N) is 4. The number of hydrogen-bond donors (Lipinski definition) is 3. The summed E-state index contributed by atoms with van der Waals surface area (Å²) in [6.07, 6.45) is 1.26. The first-order valence-electron chi connectivity index (χ1n) is 17.4. The molecule has 0 spiro atoms. The molecule has 13 heteroatoms. The van der Waals surface area contributed by atoms with Gasteiger partial charge in [-0.05, 0) is 65.1 Å². The number of fused-ring (bicyclic) bond motifs is 1. The lowest BCUT2D eigenvalue weighted by Crippen LogP contribution is -2.38. The van der Waals surface area contributed by atoms with Crippen molar-refractivity contribution < 1.29 is 38.7 Å². The number of hydrogen-bond acceptors (Lipinski definition) is 10. The zero-order chi connectivity index (χ0) is 37.7. The molecule has 6 aromatic rings. The molecule has 0 unspecified atom stereocenters. The van der Waals surface area contributed by atoms with Crippen molar-refractivity contribution in [2.24, 2.45) is 0 Å². The molecule has 0 saturated carbocycles. The van der Waals surface area contributed by atoms with Gasteiger partial charge >= 0.3 is 5.97 Å². The zero-order valence-electron chi connectivity index (χ0n) is 29.7. The lowest BCUT2D eigenvalue weighted by molar-refractivity contribution is -0.136. The van der Waals surface area contributed by atoms with E-state index in [1.807, 2.05) is 78.9 Å². The normalized spacial score (nSPS) is 17.0. The van der Waals surface area contributed by atoms with Crippen LogP contribution in [-0.2, 0) is 26.3 Å². The van der Waals surface area contributed by atoms with Crippen molar-refractivity contribution in [3.8, 4) is 11.5 Å². The monoisotopic (exact) mass is 729 g/mol. The molecule has 2 aromatic heterocycles. The Morgan fingerprint density at radius 1 is 0.852 bits per heavy atom. The number of aromatic nitrogens is 4. The van der Waals surface area contributed by atoms with Gasteiger partial charge in [0.15, 0.2) is 17.0 Å². The fourth-order valence-corrected chi connectivity index (χ4v) is 6.73. The summed E-state index contributed by atoms with van der Waals surface area (Å²) in [4.78, 5) is 37.2. The van der Waals surface area contributed by atoms with Gasteiger partial charge < -0.3 is 34.5 Å². The maximum atomic E-state index is 13.1. The van der Waals surface area contributed by atoms with Crippen molar-refractivity contribution in [3.63, 3.8) is 0 Å². The number of aliphatic hydroxyl groups excluding tert-OH is 1. The van der Waals surface area contributed by atoms with Gasteiger partial charge in [0.25, 0.3) is 5.91 Å². The van der Waals surface area contributed by atoms with Gasteiger partial charge in [-0.25, -0.2) is 15.0 Å². The molecule has 1 aliphatic rings. The molecule has 3 heterocycles. The molecule has 1 fully saturated rings. The average molecular weight is 730 g/mol. The molecule has 7 rings (SSSR count). The first-order chi connectivity index (χ1) is 26.3. The minimum absolute atomic E-state index is 0.00445. The quantitative estimate of drug-likeness (QED) is 0.117. The van der Waals surface area contributed by atoms with E-state index in [2.05, 4.69) is 20.3 Å². The van der Waals surface area contributed by atoms with Gasteiger partial charge in [-0.3, -0.25) is 14.2 Å². The van der Waals surface area contributed by atoms with Gasteiger partial charge in [0, 0.05) is 18.4 Å². The van der Waals surface area contributed by atoms with Crippen LogP contribution in [0.3, 0.4) is 0 Å². The number of carbonyl (C=O) groups excluding carboxylic acids is 1. The minimum Gasteiger partial charge on any atom is -0.497 e. The van der Waals surface area contributed by atoms with E-state index in [-0.39, 0.29) is 25.3 Å². The molecule has 0 radical (unpaired) electrons. The van der Waals surface area contributed by atoms with Crippen molar-refractivity contribution >= 4 is 28.9 Å². The Morgan fingerprint density at radius 3 is 2.09 bits per heavy atom. The number of carboxylic acid groups (broad SMARTS) is 1. The second kappa shape index (κ2) is 15.8. The number of carboxylic acids is 1. The number of imidazole rings is 1. The van der Waals surface area contributed by atoms with Crippen LogP contribution in [0.5, 0.6) is 11.5 Å². The minimum atomic E-state index is -1.10. The van der Waals surface area contributed by atoms with E-state index in [1.165, 1.54) is 6.33 Å². The Morgan fingerprint density at radius 2 is 1.48 bits per heavy atom. The summed E-state index contributed by atoms with van der Waals surface area (Å²) in [5.41, 5.74) is 3.44. The Balaban J connectivity index is 1.12. The number of anilines is 1. The smallest absolute Gasteiger partial charge is 0.303 e. The van der Waals surface area contributed by atoms with Crippen LogP contribution in [0, 0.1) is 0 Å². The number of ether oxygens (including phenoxy) is 4. The third-order valence-corrected chi connectivity index (χ3v) is 9.59. The lowest BCUT2D eigenvalue weighted by atomic mass is 9.80. The van der Waals surface area contributed by atoms with Crippen LogP contribution in [0.15, 0.2) is 116 Å². The maximum Gasteiger partial charge on any atom is 0.303 e. The first kappa shape index (κ1) is 36.2. The largest absolute Gasteiger partial charge is 0.497 e. The van der Waals surface area contributed by atoms with E-state index in [0.29, 0.717) is 34.6 Å². The number of carbonyl (C=O) groups is 2. The summed E-state index contributed by atoms with van der Waals surface area (Å²) >= 11 is 0. The standard InChI is InChI=1S/C41H39N5O8/c1-51-31-17-13-29(14-18-31)41(28-6-4-3-5-7-28,30-15-19-32(52-2)20-16-30)53-23-34-33(47)22-35(54-34)46-25-44-37-38(42-24-43-39(37)46)45-40(50)27-11-8-26(9-12-27)10-21-36(48)49/h3-9,11-20,24-25,33-35,47H,10,21-23H2,1-2H3,(H,48,49)(H,42,43,45,50)/t33-,34-,35-/m1/s1. The molecule has 276 valence electrons. The van der Waals surface area contributed by atoms with Gasteiger partial charge in [0.05, 0.1) is 33.3 Å². The summed E-state index contributed by atoms with van der Waals surface area (Å²) in [7, 11) is 3.24. The highest BCUT2D eigenvalue weighted by Gasteiger charge is 2.42. The highest BCUT2D eigenvalue weighted by Crippen LogP contribution is 2.43. The van der Waals surface area contributed by atoms with E-state index in [0.717, 1.165) is 22.3 Å². The summed E-state index contributed by atoms with van der Waals surface area (Å²) in [5, 5.41) is 23.1. The van der Waals surface area contributed by atoms with Crippen LogP contribution in [0.25, 0.3) is 11.2 Å². The summed E-state index contributed by atoms with van der Waals surface area (Å²) in [6, 6.07) is 32.0. The summed E-state index contributed by atoms with van der Waals surface area (Å²) in [5.74, 6) is 0.328. The van der Waals surface area contributed by atoms with Crippen molar-refractivity contribution in [1.29, 1.82) is 0 Å². The fraction of sp³-hybridized carbons (Fsp3) is 0.244. The van der Waals surface area contributed by atoms with Gasteiger partial charge in [0.1, 0.15) is 35.8 Å². The van der Waals surface area contributed by atoms with Crippen LogP contribution in [0.2, 0.25) is 0 Å². The van der Waals surface area contributed by atoms with Crippen LogP contribution in [-0.4, -0.2) is 74.6 Å². The predicted molar refractivity (Wildman–Crippen MR) is 198 cm³/mol. The number of aryl methyl sites for hydroxylation is 1. The highest BCUT2D eigenvalue weighted by atomic mass is 16.6. The van der Waals surface area contributed by atoms with E-state index >= 15 is 0 Å². The summed E-state index contributed by atoms with van der Waals surface area (Å²) < 4.78 is 26.1. The fourth-order valence-electron chi connectivity index (χ4n) is 6.73. The number of rotatable bonds is 14. The average Bonchev–Trinajstić information content (AvgIpc) is 3.82. The Kier molecular flexibility index (Phi) is 10.6. The number of nitrogens with one attached hydrogen (secondary N) is 1. The van der Waals surface area contributed by atoms with Crippen molar-refractivity contribution in [2.45, 2.75) is 43.3 Å². The van der Waals surface area contributed by atoms with E-state index in [4.69, 9.17) is 24.1 Å². The molecule has 1 amide bonds. The molecule has 54 heavy (non-hydrogen) atoms. The summed E-state index contributed by atoms with van der Waals surface area (Å²) in [6.45, 7) is 0.0304.